The number of H-pyrrole nitrogens is 1. The van der Waals surface area contributed by atoms with Crippen LogP contribution in [-0.4, -0.2) is 45.5 Å². The molecule has 0 aliphatic carbocycles. The number of alkyl halides is 2. The smallest absolute Gasteiger partial charge is 0.395 e. The summed E-state index contributed by atoms with van der Waals surface area (Å²) < 4.78 is 35.5. The summed E-state index contributed by atoms with van der Waals surface area (Å²) >= 11 is 2.01. The zero-order valence-electron chi connectivity index (χ0n) is 13.4. The predicted octanol–water partition coefficient (Wildman–Crippen LogP) is 3.26. The minimum atomic E-state index is -3.59. The Morgan fingerprint density at radius 3 is 3.00 bits per heavy atom. The van der Waals surface area contributed by atoms with Gasteiger partial charge in [-0.2, -0.15) is 16.9 Å². The highest BCUT2D eigenvalue weighted by Crippen LogP contribution is 2.43. The number of rotatable bonds is 2. The number of aromatic nitrogens is 2. The van der Waals surface area contributed by atoms with Crippen molar-refractivity contribution in [3.8, 4) is 22.8 Å². The van der Waals surface area contributed by atoms with Crippen molar-refractivity contribution in [1.29, 1.82) is 0 Å². The molecule has 1 N–H and O–H groups in total. The van der Waals surface area contributed by atoms with E-state index in [1.54, 1.807) is 12.1 Å². The Morgan fingerprint density at radius 1 is 1.28 bits per heavy atom. The Labute approximate surface area is 147 Å². The third-order valence-electron chi connectivity index (χ3n) is 5.06. The molecular formula is C17H17F2N3O2S. The van der Waals surface area contributed by atoms with E-state index in [1.165, 1.54) is 24.0 Å². The number of benzene rings is 1. The minimum Gasteiger partial charge on any atom is -0.395 e. The molecule has 1 atom stereocenters. The van der Waals surface area contributed by atoms with Gasteiger partial charge in [-0.15, -0.1) is 8.78 Å². The lowest BCUT2D eigenvalue weighted by Gasteiger charge is -2.31. The quantitative estimate of drug-likeness (QED) is 0.885. The molecule has 132 valence electrons. The average molecular weight is 365 g/mol. The molecular weight excluding hydrogens is 348 g/mol. The molecule has 0 spiro atoms. The molecule has 5 rings (SSSR count). The van der Waals surface area contributed by atoms with E-state index in [0.717, 1.165) is 42.0 Å². The van der Waals surface area contributed by atoms with Gasteiger partial charge in [0.05, 0.1) is 5.69 Å². The van der Waals surface area contributed by atoms with Gasteiger partial charge in [0.2, 0.25) is 0 Å². The molecule has 0 bridgehead atoms. The van der Waals surface area contributed by atoms with E-state index in [9.17, 15) is 8.78 Å². The largest absolute Gasteiger partial charge is 0.586 e. The van der Waals surface area contributed by atoms with E-state index in [2.05, 4.69) is 24.6 Å². The molecule has 5 nitrogen and oxygen atoms in total. The van der Waals surface area contributed by atoms with Crippen molar-refractivity contribution in [2.75, 3.05) is 18.1 Å². The Hall–Kier alpha value is -1.80. The topological polar surface area (TPSA) is 50.4 Å². The predicted molar refractivity (Wildman–Crippen MR) is 90.1 cm³/mol. The number of ether oxygens (including phenoxy) is 2. The van der Waals surface area contributed by atoms with Gasteiger partial charge in [-0.25, -0.2) is 0 Å². The maximum absolute atomic E-state index is 13.2. The average Bonchev–Trinajstić information content (AvgIpc) is 3.30. The van der Waals surface area contributed by atoms with Gasteiger partial charge in [0.25, 0.3) is 0 Å². The van der Waals surface area contributed by atoms with Gasteiger partial charge in [-0.05, 0) is 30.4 Å². The Kier molecular flexibility index (Phi) is 3.46. The Bertz CT molecular complexity index is 820. The zero-order chi connectivity index (χ0) is 17.0. The van der Waals surface area contributed by atoms with Crippen LogP contribution in [0.5, 0.6) is 11.5 Å². The van der Waals surface area contributed by atoms with Crippen LogP contribution in [0.2, 0.25) is 0 Å². The first kappa shape index (κ1) is 15.5. The van der Waals surface area contributed by atoms with Crippen LogP contribution in [0.15, 0.2) is 18.2 Å². The number of hydrogen-bond acceptors (Lipinski definition) is 5. The summed E-state index contributed by atoms with van der Waals surface area (Å²) in [5, 5.41) is 7.57. The molecule has 25 heavy (non-hydrogen) atoms. The number of nitrogens with zero attached hydrogens (tertiary/aromatic N) is 2. The van der Waals surface area contributed by atoms with E-state index < -0.39 is 6.29 Å². The van der Waals surface area contributed by atoms with Crippen LogP contribution >= 0.6 is 11.8 Å². The highest BCUT2D eigenvalue weighted by atomic mass is 32.2. The van der Waals surface area contributed by atoms with Gasteiger partial charge in [0.15, 0.2) is 11.5 Å². The Morgan fingerprint density at radius 2 is 2.16 bits per heavy atom. The highest BCUT2D eigenvalue weighted by molar-refractivity contribution is 7.99. The second-order valence-corrected chi connectivity index (χ2v) is 7.75. The van der Waals surface area contributed by atoms with Gasteiger partial charge < -0.3 is 9.47 Å². The molecule has 1 saturated heterocycles. The van der Waals surface area contributed by atoms with Crippen LogP contribution < -0.4 is 9.47 Å². The maximum atomic E-state index is 13.2. The van der Waals surface area contributed by atoms with Crippen LogP contribution in [0.4, 0.5) is 8.78 Å². The fourth-order valence-electron chi connectivity index (χ4n) is 3.77. The molecule has 3 aliphatic heterocycles. The van der Waals surface area contributed by atoms with E-state index in [-0.39, 0.29) is 11.5 Å². The van der Waals surface area contributed by atoms with Gasteiger partial charge in [-0.1, -0.05) is 0 Å². The van der Waals surface area contributed by atoms with Gasteiger partial charge in [0.1, 0.15) is 0 Å². The number of nitrogens with one attached hydrogen (secondary N) is 1. The van der Waals surface area contributed by atoms with Gasteiger partial charge >= 0.3 is 6.29 Å². The van der Waals surface area contributed by atoms with Crippen molar-refractivity contribution in [3.63, 3.8) is 0 Å². The summed E-state index contributed by atoms with van der Waals surface area (Å²) in [7, 11) is 0. The van der Waals surface area contributed by atoms with E-state index in [4.69, 9.17) is 0 Å². The normalized spacial score (nSPS) is 24.5. The third-order valence-corrected chi connectivity index (χ3v) is 6.20. The van der Waals surface area contributed by atoms with Crippen molar-refractivity contribution in [1.82, 2.24) is 15.1 Å². The van der Waals surface area contributed by atoms with Gasteiger partial charge in [-0.3, -0.25) is 10.00 Å². The molecule has 0 unspecified atom stereocenters. The zero-order valence-corrected chi connectivity index (χ0v) is 14.2. The fourth-order valence-corrected chi connectivity index (χ4v) is 5.03. The first-order valence-electron chi connectivity index (χ1n) is 8.37. The standard InChI is InChI=1S/C17H17F2N3O2S/c18-17(19)23-14-2-1-10(7-15(14)24-17)16-12-8-22(11-4-6-25-9-11)5-3-13(12)20-21-16/h1-2,7,11H,3-6,8-9H2,(H,20,21)/t11-/m1/s1. The molecule has 0 saturated carbocycles. The summed E-state index contributed by atoms with van der Waals surface area (Å²) in [4.78, 5) is 2.52. The van der Waals surface area contributed by atoms with E-state index in [1.807, 2.05) is 11.8 Å². The number of halogens is 2. The first-order chi connectivity index (χ1) is 12.1. The molecule has 0 amide bonds. The van der Waals surface area contributed by atoms with Gasteiger partial charge in [0, 0.05) is 48.1 Å². The monoisotopic (exact) mass is 365 g/mol. The van der Waals surface area contributed by atoms with Crippen molar-refractivity contribution in [3.05, 3.63) is 29.5 Å². The molecule has 8 heteroatoms. The summed E-state index contributed by atoms with van der Waals surface area (Å²) in [6.45, 7) is 1.88. The van der Waals surface area contributed by atoms with Crippen LogP contribution in [0.25, 0.3) is 11.3 Å². The molecule has 3 aliphatic rings. The van der Waals surface area contributed by atoms with E-state index >= 15 is 0 Å². The minimum absolute atomic E-state index is 0.0547. The van der Waals surface area contributed by atoms with Crippen molar-refractivity contribution < 1.29 is 18.3 Å². The maximum Gasteiger partial charge on any atom is 0.586 e. The number of thioether (sulfide) groups is 1. The second-order valence-electron chi connectivity index (χ2n) is 6.60. The Balaban J connectivity index is 1.46. The lowest BCUT2D eigenvalue weighted by Crippen LogP contribution is -2.39. The van der Waals surface area contributed by atoms with E-state index in [0.29, 0.717) is 6.04 Å². The SMILES string of the molecule is FC1(F)Oc2ccc(-c3n[nH]c4c3CN([C@@H]3CCSC3)CC4)cc2O1. The summed E-state index contributed by atoms with van der Waals surface area (Å²) in [5.74, 6) is 2.52. The number of hydrogen-bond donors (Lipinski definition) is 1. The van der Waals surface area contributed by atoms with Crippen LogP contribution in [0.1, 0.15) is 17.7 Å². The molecule has 1 fully saturated rings. The van der Waals surface area contributed by atoms with Crippen molar-refractivity contribution >= 4 is 11.8 Å². The van der Waals surface area contributed by atoms with Crippen LogP contribution in [-0.2, 0) is 13.0 Å². The molecule has 2 aromatic rings. The lowest BCUT2D eigenvalue weighted by atomic mass is 9.99. The third kappa shape index (κ3) is 2.67. The summed E-state index contributed by atoms with van der Waals surface area (Å²) in [5.41, 5.74) is 3.88. The van der Waals surface area contributed by atoms with Crippen molar-refractivity contribution in [2.45, 2.75) is 31.7 Å². The van der Waals surface area contributed by atoms with Crippen molar-refractivity contribution in [2.24, 2.45) is 0 Å². The highest BCUT2D eigenvalue weighted by Gasteiger charge is 2.43. The number of aromatic amines is 1. The number of fused-ring (bicyclic) bond motifs is 2. The molecule has 1 aromatic heterocycles. The molecule has 1 aromatic carbocycles. The second kappa shape index (κ2) is 5.60. The summed E-state index contributed by atoms with van der Waals surface area (Å²) in [6, 6.07) is 5.47. The first-order valence-corrected chi connectivity index (χ1v) is 9.53. The molecule has 4 heterocycles. The van der Waals surface area contributed by atoms with Crippen LogP contribution in [0, 0.1) is 0 Å². The molecule has 0 radical (unpaired) electrons. The summed E-state index contributed by atoms with van der Waals surface area (Å²) in [6.07, 6.45) is -1.43. The van der Waals surface area contributed by atoms with Crippen LogP contribution in [0.3, 0.4) is 0 Å². The fraction of sp³-hybridized carbons (Fsp3) is 0.471. The lowest BCUT2D eigenvalue weighted by molar-refractivity contribution is -0.286.